The van der Waals surface area contributed by atoms with Crippen molar-refractivity contribution in [1.82, 2.24) is 14.9 Å². The molecule has 0 aliphatic rings. The van der Waals surface area contributed by atoms with Crippen molar-refractivity contribution in [1.29, 1.82) is 0 Å². The van der Waals surface area contributed by atoms with E-state index in [-0.39, 0.29) is 18.4 Å². The van der Waals surface area contributed by atoms with E-state index in [2.05, 4.69) is 9.97 Å². The fourth-order valence-electron chi connectivity index (χ4n) is 1.77. The number of amides is 1. The van der Waals surface area contributed by atoms with Gasteiger partial charge in [-0.05, 0) is 24.6 Å². The van der Waals surface area contributed by atoms with Gasteiger partial charge in [-0.2, -0.15) is 0 Å². The van der Waals surface area contributed by atoms with Crippen LogP contribution in [-0.2, 0) is 11.2 Å². The molecule has 2 aromatic rings. The van der Waals surface area contributed by atoms with Crippen molar-refractivity contribution in [3.63, 3.8) is 0 Å². The number of likely N-dealkylation sites (N-methyl/N-ethyl adjacent to an activating group) is 1. The molecule has 2 rings (SSSR count). The standard InChI is InChI=1S/C13H16N4OS/c1-9(10-3-5-15-6-4-10)17(2)12(18)7-11-8-19-13(14)16-11/h3-6,8-9H,7H2,1-2H3,(H2,14,16). The number of hydrogen-bond acceptors (Lipinski definition) is 5. The molecule has 0 saturated carbocycles. The maximum absolute atomic E-state index is 12.2. The molecule has 100 valence electrons. The van der Waals surface area contributed by atoms with Gasteiger partial charge in [0.2, 0.25) is 5.91 Å². The van der Waals surface area contributed by atoms with Crippen molar-refractivity contribution in [3.8, 4) is 0 Å². The maximum Gasteiger partial charge on any atom is 0.228 e. The van der Waals surface area contributed by atoms with Crippen LogP contribution in [0.2, 0.25) is 0 Å². The lowest BCUT2D eigenvalue weighted by atomic mass is 10.1. The summed E-state index contributed by atoms with van der Waals surface area (Å²) < 4.78 is 0. The van der Waals surface area contributed by atoms with E-state index in [1.165, 1.54) is 11.3 Å². The minimum absolute atomic E-state index is 0.00600. The molecule has 2 aromatic heterocycles. The van der Waals surface area contributed by atoms with Gasteiger partial charge in [-0.15, -0.1) is 11.3 Å². The Labute approximate surface area is 116 Å². The van der Waals surface area contributed by atoms with Crippen LogP contribution in [0.3, 0.4) is 0 Å². The van der Waals surface area contributed by atoms with Crippen LogP contribution in [0, 0.1) is 0 Å². The van der Waals surface area contributed by atoms with Gasteiger partial charge in [-0.3, -0.25) is 9.78 Å². The Morgan fingerprint density at radius 2 is 2.16 bits per heavy atom. The van der Waals surface area contributed by atoms with E-state index in [4.69, 9.17) is 5.73 Å². The summed E-state index contributed by atoms with van der Waals surface area (Å²) in [6.07, 6.45) is 3.73. The molecule has 0 aromatic carbocycles. The normalized spacial score (nSPS) is 12.1. The fraction of sp³-hybridized carbons (Fsp3) is 0.308. The first-order chi connectivity index (χ1) is 9.08. The van der Waals surface area contributed by atoms with Crippen LogP contribution in [0.25, 0.3) is 0 Å². The molecule has 0 fully saturated rings. The van der Waals surface area contributed by atoms with E-state index in [1.807, 2.05) is 24.4 Å². The topological polar surface area (TPSA) is 72.1 Å². The number of pyridine rings is 1. The van der Waals surface area contributed by atoms with Gasteiger partial charge >= 0.3 is 0 Å². The molecule has 5 nitrogen and oxygen atoms in total. The zero-order chi connectivity index (χ0) is 13.8. The molecule has 0 aliphatic carbocycles. The summed E-state index contributed by atoms with van der Waals surface area (Å²) in [6.45, 7) is 1.99. The summed E-state index contributed by atoms with van der Waals surface area (Å²) in [7, 11) is 1.79. The van der Waals surface area contributed by atoms with E-state index in [0.717, 1.165) is 11.3 Å². The first-order valence-electron chi connectivity index (χ1n) is 5.93. The van der Waals surface area contributed by atoms with Crippen molar-refractivity contribution in [2.75, 3.05) is 12.8 Å². The number of thiazole rings is 1. The Bertz CT molecular complexity index is 555. The number of anilines is 1. The number of carbonyl (C=O) groups is 1. The monoisotopic (exact) mass is 276 g/mol. The molecule has 19 heavy (non-hydrogen) atoms. The summed E-state index contributed by atoms with van der Waals surface area (Å²) in [4.78, 5) is 22.0. The smallest absolute Gasteiger partial charge is 0.228 e. The predicted molar refractivity (Wildman–Crippen MR) is 75.7 cm³/mol. The van der Waals surface area contributed by atoms with Gasteiger partial charge < -0.3 is 10.6 Å². The minimum Gasteiger partial charge on any atom is -0.375 e. The molecular formula is C13H16N4OS. The summed E-state index contributed by atoms with van der Waals surface area (Å²) in [5.41, 5.74) is 7.34. The number of nitrogen functional groups attached to an aromatic ring is 1. The van der Waals surface area contributed by atoms with Gasteiger partial charge in [0, 0.05) is 24.8 Å². The van der Waals surface area contributed by atoms with Crippen LogP contribution in [0.5, 0.6) is 0 Å². The first kappa shape index (κ1) is 13.5. The first-order valence-corrected chi connectivity index (χ1v) is 6.81. The number of rotatable bonds is 4. The van der Waals surface area contributed by atoms with Crippen LogP contribution in [0.1, 0.15) is 24.2 Å². The third kappa shape index (κ3) is 3.29. The number of aromatic nitrogens is 2. The van der Waals surface area contributed by atoms with Gasteiger partial charge in [0.1, 0.15) is 0 Å². The summed E-state index contributed by atoms with van der Waals surface area (Å²) >= 11 is 1.35. The van der Waals surface area contributed by atoms with Gasteiger partial charge in [0.15, 0.2) is 5.13 Å². The van der Waals surface area contributed by atoms with Gasteiger partial charge in [0.05, 0.1) is 18.2 Å². The average Bonchev–Trinajstić information content (AvgIpc) is 2.83. The summed E-state index contributed by atoms with van der Waals surface area (Å²) in [6, 6.07) is 3.83. The number of nitrogens with zero attached hydrogens (tertiary/aromatic N) is 3. The van der Waals surface area contributed by atoms with Gasteiger partial charge in [0.25, 0.3) is 0 Å². The molecule has 0 spiro atoms. The minimum atomic E-state index is 0.00600. The largest absolute Gasteiger partial charge is 0.375 e. The number of hydrogen-bond donors (Lipinski definition) is 1. The Morgan fingerprint density at radius 3 is 2.74 bits per heavy atom. The molecule has 2 heterocycles. The van der Waals surface area contributed by atoms with Gasteiger partial charge in [-0.25, -0.2) is 4.98 Å². The van der Waals surface area contributed by atoms with Crippen LogP contribution < -0.4 is 5.73 Å². The Balaban J connectivity index is 2.03. The van der Waals surface area contributed by atoms with Crippen LogP contribution in [0.15, 0.2) is 29.9 Å². The third-order valence-corrected chi connectivity index (χ3v) is 3.79. The second-order valence-electron chi connectivity index (χ2n) is 4.32. The predicted octanol–water partition coefficient (Wildman–Crippen LogP) is 1.88. The van der Waals surface area contributed by atoms with Crippen LogP contribution >= 0.6 is 11.3 Å². The highest BCUT2D eigenvalue weighted by atomic mass is 32.1. The summed E-state index contributed by atoms with van der Waals surface area (Å²) in [5, 5.41) is 2.31. The van der Waals surface area contributed by atoms with E-state index in [1.54, 1.807) is 24.3 Å². The highest BCUT2D eigenvalue weighted by Crippen LogP contribution is 2.19. The van der Waals surface area contributed by atoms with Crippen LogP contribution in [0.4, 0.5) is 5.13 Å². The van der Waals surface area contributed by atoms with Crippen molar-refractivity contribution >= 4 is 22.4 Å². The second kappa shape index (κ2) is 5.79. The zero-order valence-corrected chi connectivity index (χ0v) is 11.7. The van der Waals surface area contributed by atoms with E-state index in [9.17, 15) is 4.79 Å². The summed E-state index contributed by atoms with van der Waals surface area (Å²) in [5.74, 6) is 0.0228. The van der Waals surface area contributed by atoms with E-state index in [0.29, 0.717) is 5.13 Å². The lowest BCUT2D eigenvalue weighted by Crippen LogP contribution is -2.31. The van der Waals surface area contributed by atoms with Crippen molar-refractivity contribution in [2.45, 2.75) is 19.4 Å². The molecule has 6 heteroatoms. The van der Waals surface area contributed by atoms with Crippen molar-refractivity contribution < 1.29 is 4.79 Å². The second-order valence-corrected chi connectivity index (χ2v) is 5.20. The van der Waals surface area contributed by atoms with E-state index >= 15 is 0 Å². The molecule has 1 amide bonds. The molecule has 0 saturated heterocycles. The number of carbonyl (C=O) groups excluding carboxylic acids is 1. The highest BCUT2D eigenvalue weighted by molar-refractivity contribution is 7.13. The van der Waals surface area contributed by atoms with Gasteiger partial charge in [-0.1, -0.05) is 0 Å². The molecule has 0 aliphatic heterocycles. The SMILES string of the molecule is CC(c1ccncc1)N(C)C(=O)Cc1csc(N)n1. The Morgan fingerprint density at radius 1 is 1.47 bits per heavy atom. The Hall–Kier alpha value is -1.95. The molecule has 1 unspecified atom stereocenters. The van der Waals surface area contributed by atoms with Crippen molar-refractivity contribution in [3.05, 3.63) is 41.2 Å². The third-order valence-electron chi connectivity index (χ3n) is 3.06. The van der Waals surface area contributed by atoms with Crippen molar-refractivity contribution in [2.24, 2.45) is 0 Å². The van der Waals surface area contributed by atoms with E-state index < -0.39 is 0 Å². The molecule has 2 N–H and O–H groups in total. The quantitative estimate of drug-likeness (QED) is 0.925. The molecule has 1 atom stereocenters. The van der Waals surface area contributed by atoms with Crippen LogP contribution in [-0.4, -0.2) is 27.8 Å². The molecule has 0 bridgehead atoms. The fourth-order valence-corrected chi connectivity index (χ4v) is 2.33. The Kier molecular flexibility index (Phi) is 4.11. The lowest BCUT2D eigenvalue weighted by molar-refractivity contribution is -0.131. The number of nitrogens with two attached hydrogens (primary N) is 1. The lowest BCUT2D eigenvalue weighted by Gasteiger charge is -2.25. The molecular weight excluding hydrogens is 260 g/mol. The highest BCUT2D eigenvalue weighted by Gasteiger charge is 2.18. The zero-order valence-electron chi connectivity index (χ0n) is 10.9. The maximum atomic E-state index is 12.2. The molecule has 0 radical (unpaired) electrons. The average molecular weight is 276 g/mol.